The van der Waals surface area contributed by atoms with Crippen molar-refractivity contribution in [2.45, 2.75) is 6.54 Å². The molecule has 1 aromatic carbocycles. The molecule has 1 fully saturated rings. The molecule has 3 rings (SSSR count). The molecule has 22 heavy (non-hydrogen) atoms. The Morgan fingerprint density at radius 3 is 2.73 bits per heavy atom. The topological polar surface area (TPSA) is 62.3 Å². The lowest BCUT2D eigenvalue weighted by Gasteiger charge is -2.29. The average Bonchev–Trinajstić information content (AvgIpc) is 2.61. The Labute approximate surface area is 130 Å². The van der Waals surface area contributed by atoms with Crippen LogP contribution in [0, 0.1) is 0 Å². The second-order valence-electron chi connectivity index (χ2n) is 5.24. The van der Waals surface area contributed by atoms with Gasteiger partial charge in [-0.3, -0.25) is 0 Å². The minimum atomic E-state index is 0.712. The molecular formula is C16H21N5O. The quantitative estimate of drug-likeness (QED) is 0.872. The van der Waals surface area contributed by atoms with Gasteiger partial charge in [0.2, 0.25) is 0 Å². The molecule has 116 valence electrons. The molecule has 6 heteroatoms. The van der Waals surface area contributed by atoms with E-state index in [9.17, 15) is 0 Å². The van der Waals surface area contributed by atoms with Crippen LogP contribution < -0.4 is 20.3 Å². The summed E-state index contributed by atoms with van der Waals surface area (Å²) in [7, 11) is 1.67. The first kappa shape index (κ1) is 14.6. The third-order valence-electron chi connectivity index (χ3n) is 3.75. The molecule has 0 atom stereocenters. The zero-order valence-electron chi connectivity index (χ0n) is 12.7. The van der Waals surface area contributed by atoms with Crippen molar-refractivity contribution in [3.05, 3.63) is 42.1 Å². The van der Waals surface area contributed by atoms with E-state index in [-0.39, 0.29) is 0 Å². The van der Waals surface area contributed by atoms with Crippen molar-refractivity contribution in [2.24, 2.45) is 0 Å². The Bertz CT molecular complexity index is 596. The van der Waals surface area contributed by atoms with Crippen LogP contribution in [0.25, 0.3) is 0 Å². The zero-order chi connectivity index (χ0) is 15.2. The van der Waals surface area contributed by atoms with E-state index in [1.165, 1.54) is 5.56 Å². The number of hydrogen-bond donors (Lipinski definition) is 2. The first-order valence-corrected chi connectivity index (χ1v) is 7.50. The molecule has 0 saturated carbocycles. The maximum absolute atomic E-state index is 5.16. The Morgan fingerprint density at radius 1 is 1.23 bits per heavy atom. The van der Waals surface area contributed by atoms with E-state index in [4.69, 9.17) is 4.74 Å². The molecule has 0 unspecified atom stereocenters. The van der Waals surface area contributed by atoms with Crippen molar-refractivity contribution in [3.8, 4) is 5.75 Å². The van der Waals surface area contributed by atoms with Gasteiger partial charge in [-0.15, -0.1) is 5.10 Å². The molecule has 1 aromatic heterocycles. The van der Waals surface area contributed by atoms with Crippen LogP contribution >= 0.6 is 0 Å². The lowest BCUT2D eigenvalue weighted by molar-refractivity contribution is 0.414. The van der Waals surface area contributed by atoms with E-state index in [1.807, 2.05) is 30.5 Å². The Morgan fingerprint density at radius 2 is 2.00 bits per heavy atom. The molecule has 2 aromatic rings. The Hall–Kier alpha value is -2.34. The van der Waals surface area contributed by atoms with Crippen molar-refractivity contribution in [3.63, 3.8) is 0 Å². The number of aromatic nitrogens is 2. The van der Waals surface area contributed by atoms with Gasteiger partial charge in [-0.05, 0) is 17.7 Å². The van der Waals surface area contributed by atoms with Crippen LogP contribution in [0.15, 0.2) is 36.5 Å². The number of nitrogens with one attached hydrogen (secondary N) is 2. The number of methoxy groups -OCH3 is 1. The SMILES string of the molecule is COc1ccc(CNc2cc(N3CCNCC3)cnn2)cc1. The molecule has 6 nitrogen and oxygen atoms in total. The zero-order valence-corrected chi connectivity index (χ0v) is 12.7. The summed E-state index contributed by atoms with van der Waals surface area (Å²) >= 11 is 0. The molecular weight excluding hydrogens is 278 g/mol. The maximum atomic E-state index is 5.16. The van der Waals surface area contributed by atoms with Gasteiger partial charge in [0.1, 0.15) is 5.75 Å². The number of piperazine rings is 1. The van der Waals surface area contributed by atoms with Crippen molar-refractivity contribution >= 4 is 11.5 Å². The molecule has 2 N–H and O–H groups in total. The minimum absolute atomic E-state index is 0.712. The van der Waals surface area contributed by atoms with Gasteiger partial charge in [0.05, 0.1) is 19.0 Å². The fourth-order valence-corrected chi connectivity index (χ4v) is 2.47. The van der Waals surface area contributed by atoms with Crippen LogP contribution in [0.5, 0.6) is 5.75 Å². The van der Waals surface area contributed by atoms with Gasteiger partial charge in [0.15, 0.2) is 5.82 Å². The molecule has 0 radical (unpaired) electrons. The first-order chi connectivity index (χ1) is 10.8. The van der Waals surface area contributed by atoms with Crippen molar-refractivity contribution in [1.29, 1.82) is 0 Å². The third kappa shape index (κ3) is 3.65. The molecule has 0 bridgehead atoms. The normalized spacial score (nSPS) is 14.7. The standard InChI is InChI=1S/C16H21N5O/c1-22-15-4-2-13(3-5-15)11-18-16-10-14(12-19-20-16)21-8-6-17-7-9-21/h2-5,10,12,17H,6-9,11H2,1H3,(H,18,20). The maximum Gasteiger partial charge on any atom is 0.150 e. The summed E-state index contributed by atoms with van der Waals surface area (Å²) in [6.07, 6.45) is 1.82. The summed E-state index contributed by atoms with van der Waals surface area (Å²) in [6.45, 7) is 4.74. The van der Waals surface area contributed by atoms with Crippen molar-refractivity contribution in [1.82, 2.24) is 15.5 Å². The van der Waals surface area contributed by atoms with Crippen LogP contribution in [-0.4, -0.2) is 43.5 Å². The van der Waals surface area contributed by atoms with E-state index in [0.717, 1.165) is 43.4 Å². The predicted octanol–water partition coefficient (Wildman–Crippen LogP) is 1.51. The van der Waals surface area contributed by atoms with Gasteiger partial charge in [0, 0.05) is 38.8 Å². The molecule has 0 amide bonds. The Balaban J connectivity index is 1.62. The van der Waals surface area contributed by atoms with Crippen LogP contribution in [-0.2, 0) is 6.54 Å². The summed E-state index contributed by atoms with van der Waals surface area (Å²) < 4.78 is 5.16. The highest BCUT2D eigenvalue weighted by molar-refractivity contribution is 5.52. The van der Waals surface area contributed by atoms with E-state index >= 15 is 0 Å². The van der Waals surface area contributed by atoms with Crippen LogP contribution in [0.1, 0.15) is 5.56 Å². The van der Waals surface area contributed by atoms with Crippen LogP contribution in [0.3, 0.4) is 0 Å². The highest BCUT2D eigenvalue weighted by Crippen LogP contribution is 2.17. The van der Waals surface area contributed by atoms with E-state index in [0.29, 0.717) is 6.54 Å². The lowest BCUT2D eigenvalue weighted by atomic mass is 10.2. The fraction of sp³-hybridized carbons (Fsp3) is 0.375. The molecule has 1 saturated heterocycles. The number of anilines is 2. The largest absolute Gasteiger partial charge is 0.497 e. The minimum Gasteiger partial charge on any atom is -0.497 e. The highest BCUT2D eigenvalue weighted by Gasteiger charge is 2.11. The number of nitrogens with zero attached hydrogens (tertiary/aromatic N) is 3. The van der Waals surface area contributed by atoms with Crippen molar-refractivity contribution in [2.75, 3.05) is 43.5 Å². The highest BCUT2D eigenvalue weighted by atomic mass is 16.5. The number of ether oxygens (including phenoxy) is 1. The molecule has 0 aliphatic carbocycles. The molecule has 0 spiro atoms. The summed E-state index contributed by atoms with van der Waals surface area (Å²) in [5, 5.41) is 14.9. The predicted molar refractivity (Wildman–Crippen MR) is 87.4 cm³/mol. The van der Waals surface area contributed by atoms with Crippen LogP contribution in [0.4, 0.5) is 11.5 Å². The van der Waals surface area contributed by atoms with E-state index in [1.54, 1.807) is 7.11 Å². The summed E-state index contributed by atoms with van der Waals surface area (Å²) in [5.74, 6) is 1.66. The van der Waals surface area contributed by atoms with Gasteiger partial charge in [-0.2, -0.15) is 5.10 Å². The Kier molecular flexibility index (Phi) is 4.70. The van der Waals surface area contributed by atoms with E-state index < -0.39 is 0 Å². The molecule has 1 aliphatic rings. The average molecular weight is 299 g/mol. The first-order valence-electron chi connectivity index (χ1n) is 7.50. The van der Waals surface area contributed by atoms with Gasteiger partial charge in [-0.25, -0.2) is 0 Å². The van der Waals surface area contributed by atoms with E-state index in [2.05, 4.69) is 31.8 Å². The monoisotopic (exact) mass is 299 g/mol. The fourth-order valence-electron chi connectivity index (χ4n) is 2.47. The lowest BCUT2D eigenvalue weighted by Crippen LogP contribution is -2.43. The third-order valence-corrected chi connectivity index (χ3v) is 3.75. The van der Waals surface area contributed by atoms with Crippen LogP contribution in [0.2, 0.25) is 0 Å². The van der Waals surface area contributed by atoms with Gasteiger partial charge < -0.3 is 20.3 Å². The van der Waals surface area contributed by atoms with Gasteiger partial charge in [-0.1, -0.05) is 12.1 Å². The summed E-state index contributed by atoms with van der Waals surface area (Å²) in [6, 6.07) is 10.1. The van der Waals surface area contributed by atoms with Gasteiger partial charge >= 0.3 is 0 Å². The number of hydrogen-bond acceptors (Lipinski definition) is 6. The number of benzene rings is 1. The smallest absolute Gasteiger partial charge is 0.150 e. The summed E-state index contributed by atoms with van der Waals surface area (Å²) in [5.41, 5.74) is 2.30. The molecule has 1 aliphatic heterocycles. The second-order valence-corrected chi connectivity index (χ2v) is 5.24. The number of rotatable bonds is 5. The van der Waals surface area contributed by atoms with Crippen molar-refractivity contribution < 1.29 is 4.74 Å². The molecule has 2 heterocycles. The van der Waals surface area contributed by atoms with Gasteiger partial charge in [0.25, 0.3) is 0 Å². The second kappa shape index (κ2) is 7.09. The summed E-state index contributed by atoms with van der Waals surface area (Å²) in [4.78, 5) is 2.32.